The summed E-state index contributed by atoms with van der Waals surface area (Å²) in [6.07, 6.45) is 5.68. The van der Waals surface area contributed by atoms with E-state index >= 15 is 0 Å². The summed E-state index contributed by atoms with van der Waals surface area (Å²) >= 11 is 4.94. The van der Waals surface area contributed by atoms with Crippen LogP contribution in [0.5, 0.6) is 0 Å². The molecule has 0 aromatic rings. The fraction of sp³-hybridized carbons (Fsp3) is 0.667. The van der Waals surface area contributed by atoms with Crippen molar-refractivity contribution in [2.75, 3.05) is 0 Å². The predicted molar refractivity (Wildman–Crippen MR) is 35.1 cm³/mol. The zero-order valence-electron chi connectivity index (χ0n) is 4.69. The summed E-state index contributed by atoms with van der Waals surface area (Å²) in [5, 5.41) is 0. The number of hydrogen-bond acceptors (Lipinski definition) is 0. The maximum atomic E-state index is 5.00. The first kappa shape index (κ1) is 6.91. The molecule has 0 atom stereocenters. The van der Waals surface area contributed by atoms with Gasteiger partial charge in [-0.15, -0.1) is 12.3 Å². The van der Waals surface area contributed by atoms with Gasteiger partial charge in [-0.05, 0) is 13.8 Å². The van der Waals surface area contributed by atoms with E-state index in [0.717, 1.165) is 0 Å². The van der Waals surface area contributed by atoms with Crippen LogP contribution in [0.1, 0.15) is 20.3 Å². The third-order valence-electron chi connectivity index (χ3n) is 0.528. The van der Waals surface area contributed by atoms with E-state index in [1.807, 2.05) is 13.8 Å². The standard InChI is InChI=1S/C6H9S/c1-4-5-6(2,3)7/h1H,5H2,2-3H3. The Bertz CT molecular complexity index is 81.3. The molecule has 0 rings (SSSR count). The van der Waals surface area contributed by atoms with Gasteiger partial charge < -0.3 is 0 Å². The molecule has 0 N–H and O–H groups in total. The van der Waals surface area contributed by atoms with Crippen molar-refractivity contribution in [1.29, 1.82) is 0 Å². The monoisotopic (exact) mass is 113 g/mol. The second-order valence-corrected chi connectivity index (χ2v) is 3.25. The molecule has 0 aliphatic heterocycles. The minimum absolute atomic E-state index is 0.102. The lowest BCUT2D eigenvalue weighted by molar-refractivity contribution is 0.747. The SMILES string of the molecule is C#CCC(C)(C)[S]. The van der Waals surface area contributed by atoms with Crippen LogP contribution in [0.3, 0.4) is 0 Å². The van der Waals surface area contributed by atoms with Crippen LogP contribution in [0.4, 0.5) is 0 Å². The van der Waals surface area contributed by atoms with Crippen LogP contribution in [0, 0.1) is 12.3 Å². The molecule has 0 amide bonds. The summed E-state index contributed by atoms with van der Waals surface area (Å²) in [6, 6.07) is 0. The molecule has 0 saturated carbocycles. The molecular weight excluding hydrogens is 104 g/mol. The zero-order valence-corrected chi connectivity index (χ0v) is 5.51. The molecule has 0 unspecified atom stereocenters. The second-order valence-electron chi connectivity index (χ2n) is 2.14. The number of hydrogen-bond donors (Lipinski definition) is 0. The lowest BCUT2D eigenvalue weighted by Crippen LogP contribution is -2.07. The highest BCUT2D eigenvalue weighted by Crippen LogP contribution is 2.14. The van der Waals surface area contributed by atoms with Crippen LogP contribution in [0.15, 0.2) is 0 Å². The third-order valence-corrected chi connectivity index (χ3v) is 0.672. The molecule has 7 heavy (non-hydrogen) atoms. The molecule has 0 aliphatic carbocycles. The van der Waals surface area contributed by atoms with Gasteiger partial charge in [0, 0.05) is 11.2 Å². The topological polar surface area (TPSA) is 0 Å². The molecule has 0 aliphatic rings. The maximum Gasteiger partial charge on any atom is 0.0316 e. The highest BCUT2D eigenvalue weighted by atomic mass is 32.1. The number of rotatable bonds is 1. The van der Waals surface area contributed by atoms with E-state index in [0.29, 0.717) is 6.42 Å². The maximum absolute atomic E-state index is 5.00. The van der Waals surface area contributed by atoms with E-state index in [4.69, 9.17) is 19.1 Å². The minimum Gasteiger partial charge on any atom is -0.120 e. The predicted octanol–water partition coefficient (Wildman–Crippen LogP) is 1.99. The van der Waals surface area contributed by atoms with Gasteiger partial charge in [-0.3, -0.25) is 0 Å². The summed E-state index contributed by atoms with van der Waals surface area (Å²) in [5.41, 5.74) is 0. The van der Waals surface area contributed by atoms with Crippen molar-refractivity contribution < 1.29 is 0 Å². The Morgan fingerprint density at radius 2 is 2.14 bits per heavy atom. The van der Waals surface area contributed by atoms with Gasteiger partial charge in [0.15, 0.2) is 0 Å². The van der Waals surface area contributed by atoms with Crippen molar-refractivity contribution >= 4 is 12.6 Å². The van der Waals surface area contributed by atoms with Gasteiger partial charge in [0.25, 0.3) is 0 Å². The molecule has 0 aromatic heterocycles. The molecule has 0 heterocycles. The quantitative estimate of drug-likeness (QED) is 0.456. The summed E-state index contributed by atoms with van der Waals surface area (Å²) in [7, 11) is 0. The van der Waals surface area contributed by atoms with Gasteiger partial charge in [0.05, 0.1) is 0 Å². The fourth-order valence-electron chi connectivity index (χ4n) is 0.246. The van der Waals surface area contributed by atoms with Crippen LogP contribution in [0.2, 0.25) is 0 Å². The molecule has 0 aromatic carbocycles. The van der Waals surface area contributed by atoms with Gasteiger partial charge in [0.2, 0.25) is 0 Å². The van der Waals surface area contributed by atoms with Crippen molar-refractivity contribution in [3.8, 4) is 12.3 Å². The van der Waals surface area contributed by atoms with Crippen molar-refractivity contribution in [3.63, 3.8) is 0 Å². The van der Waals surface area contributed by atoms with Crippen LogP contribution in [-0.2, 0) is 0 Å². The summed E-state index contributed by atoms with van der Waals surface area (Å²) < 4.78 is -0.102. The van der Waals surface area contributed by atoms with Gasteiger partial charge in [-0.2, -0.15) is 0 Å². The first-order valence-corrected chi connectivity index (χ1v) is 2.61. The molecule has 39 valence electrons. The molecular formula is C6H9S. The zero-order chi connectivity index (χ0) is 5.91. The van der Waals surface area contributed by atoms with Gasteiger partial charge in [-0.1, -0.05) is 12.6 Å². The molecule has 1 heteroatoms. The van der Waals surface area contributed by atoms with Crippen molar-refractivity contribution in [3.05, 3.63) is 0 Å². The highest BCUT2D eigenvalue weighted by Gasteiger charge is 2.08. The molecule has 0 saturated heterocycles. The molecule has 1 radical (unpaired) electrons. The lowest BCUT2D eigenvalue weighted by Gasteiger charge is -2.09. The van der Waals surface area contributed by atoms with E-state index in [1.54, 1.807) is 0 Å². The first-order chi connectivity index (χ1) is 3.06. The van der Waals surface area contributed by atoms with Crippen LogP contribution < -0.4 is 0 Å². The van der Waals surface area contributed by atoms with E-state index in [2.05, 4.69) is 5.92 Å². The molecule has 0 fully saturated rings. The Morgan fingerprint density at radius 1 is 1.71 bits per heavy atom. The fourth-order valence-corrected chi connectivity index (χ4v) is 0.329. The largest absolute Gasteiger partial charge is 0.120 e. The van der Waals surface area contributed by atoms with Crippen molar-refractivity contribution in [1.82, 2.24) is 0 Å². The van der Waals surface area contributed by atoms with Gasteiger partial charge in [0.1, 0.15) is 0 Å². The van der Waals surface area contributed by atoms with Crippen LogP contribution >= 0.6 is 12.6 Å². The van der Waals surface area contributed by atoms with Crippen molar-refractivity contribution in [2.24, 2.45) is 0 Å². The Balaban J connectivity index is 3.40. The average molecular weight is 113 g/mol. The summed E-state index contributed by atoms with van der Waals surface area (Å²) in [5.74, 6) is 2.50. The summed E-state index contributed by atoms with van der Waals surface area (Å²) in [4.78, 5) is 0. The van der Waals surface area contributed by atoms with Gasteiger partial charge >= 0.3 is 0 Å². The normalized spacial score (nSPS) is 10.6. The number of terminal acetylenes is 1. The van der Waals surface area contributed by atoms with Crippen LogP contribution in [0.25, 0.3) is 0 Å². The molecule has 0 bridgehead atoms. The lowest BCUT2D eigenvalue weighted by atomic mass is 10.1. The third kappa shape index (κ3) is 5.91. The van der Waals surface area contributed by atoms with Crippen molar-refractivity contribution in [2.45, 2.75) is 25.0 Å². The van der Waals surface area contributed by atoms with E-state index < -0.39 is 0 Å². The Kier molecular flexibility index (Phi) is 2.25. The Morgan fingerprint density at radius 3 is 2.14 bits per heavy atom. The molecule has 0 spiro atoms. The summed E-state index contributed by atoms with van der Waals surface area (Å²) in [6.45, 7) is 3.89. The average Bonchev–Trinajstić information content (AvgIpc) is 1.30. The molecule has 0 nitrogen and oxygen atoms in total. The smallest absolute Gasteiger partial charge is 0.0316 e. The highest BCUT2D eigenvalue weighted by molar-refractivity contribution is 7.81. The Hall–Kier alpha value is -0.0900. The van der Waals surface area contributed by atoms with E-state index in [1.165, 1.54) is 0 Å². The Labute approximate surface area is 50.7 Å². The first-order valence-electron chi connectivity index (χ1n) is 2.20. The second kappa shape index (κ2) is 2.28. The van der Waals surface area contributed by atoms with E-state index in [-0.39, 0.29) is 4.75 Å². The minimum atomic E-state index is -0.102. The van der Waals surface area contributed by atoms with Gasteiger partial charge in [-0.25, -0.2) is 0 Å². The van der Waals surface area contributed by atoms with E-state index in [9.17, 15) is 0 Å². The van der Waals surface area contributed by atoms with Crippen LogP contribution in [-0.4, -0.2) is 4.75 Å².